The lowest BCUT2D eigenvalue weighted by Crippen LogP contribution is -2.27. The quantitative estimate of drug-likeness (QED) is 0.854. The molecule has 3 N–H and O–H groups in total. The second-order valence-corrected chi connectivity index (χ2v) is 4.68. The third-order valence-corrected chi connectivity index (χ3v) is 3.03. The fourth-order valence-corrected chi connectivity index (χ4v) is 1.90. The van der Waals surface area contributed by atoms with Gasteiger partial charge in [0.2, 0.25) is 0 Å². The van der Waals surface area contributed by atoms with Gasteiger partial charge in [-0.2, -0.15) is 0 Å². The molecule has 0 aliphatic carbocycles. The molecule has 4 nitrogen and oxygen atoms in total. The average Bonchev–Trinajstić information content (AvgIpc) is 2.44. The van der Waals surface area contributed by atoms with E-state index in [1.807, 2.05) is 0 Å². The maximum absolute atomic E-state index is 13.2. The molecule has 0 heterocycles. The number of nitrogens with zero attached hydrogens (tertiary/aromatic N) is 1. The van der Waals surface area contributed by atoms with E-state index < -0.39 is 17.5 Å². The minimum absolute atomic E-state index is 0.0878. The lowest BCUT2D eigenvalue weighted by Gasteiger charge is -2.18. The molecule has 2 aromatic rings. The van der Waals surface area contributed by atoms with Gasteiger partial charge in [0.05, 0.1) is 5.56 Å². The molecule has 0 aliphatic rings. The summed E-state index contributed by atoms with van der Waals surface area (Å²) in [5, 5.41) is 9.20. The van der Waals surface area contributed by atoms with Gasteiger partial charge in [0.15, 0.2) is 11.6 Å². The number of phenols is 1. The average molecular weight is 292 g/mol. The van der Waals surface area contributed by atoms with E-state index >= 15 is 0 Å². The van der Waals surface area contributed by atoms with Gasteiger partial charge in [0.25, 0.3) is 5.91 Å². The van der Waals surface area contributed by atoms with E-state index in [0.717, 1.165) is 17.7 Å². The molecule has 2 rings (SSSR count). The molecule has 110 valence electrons. The Morgan fingerprint density at radius 3 is 2.38 bits per heavy atom. The van der Waals surface area contributed by atoms with Crippen LogP contribution in [0.3, 0.4) is 0 Å². The molecule has 21 heavy (non-hydrogen) atoms. The number of aromatic hydroxyl groups is 1. The van der Waals surface area contributed by atoms with Gasteiger partial charge in [-0.25, -0.2) is 8.78 Å². The molecular formula is C15H14F2N2O2. The predicted molar refractivity (Wildman–Crippen MR) is 74.7 cm³/mol. The summed E-state index contributed by atoms with van der Waals surface area (Å²) in [4.78, 5) is 13.5. The number of benzene rings is 2. The first kappa shape index (κ1) is 14.8. The second-order valence-electron chi connectivity index (χ2n) is 4.68. The van der Waals surface area contributed by atoms with Crippen molar-refractivity contribution in [3.05, 3.63) is 59.2 Å². The van der Waals surface area contributed by atoms with Crippen LogP contribution in [0.1, 0.15) is 15.9 Å². The zero-order valence-electron chi connectivity index (χ0n) is 11.3. The third kappa shape index (κ3) is 3.28. The van der Waals surface area contributed by atoms with Crippen LogP contribution in [-0.4, -0.2) is 23.0 Å². The Hall–Kier alpha value is -2.63. The summed E-state index contributed by atoms with van der Waals surface area (Å²) in [5.41, 5.74) is 6.14. The highest BCUT2D eigenvalue weighted by Gasteiger charge is 2.18. The van der Waals surface area contributed by atoms with Crippen molar-refractivity contribution in [2.45, 2.75) is 6.54 Å². The number of phenolic OH excluding ortho intramolecular Hbond substituents is 1. The number of hydrogen-bond donors (Lipinski definition) is 2. The molecule has 1 amide bonds. The van der Waals surface area contributed by atoms with E-state index in [2.05, 4.69) is 0 Å². The highest BCUT2D eigenvalue weighted by molar-refractivity contribution is 5.99. The lowest BCUT2D eigenvalue weighted by atomic mass is 10.1. The summed E-state index contributed by atoms with van der Waals surface area (Å²) in [6.07, 6.45) is 0. The highest BCUT2D eigenvalue weighted by atomic mass is 19.2. The number of amides is 1. The number of nitrogen functional groups attached to an aromatic ring is 1. The van der Waals surface area contributed by atoms with Gasteiger partial charge in [-0.3, -0.25) is 4.79 Å². The maximum Gasteiger partial charge on any atom is 0.256 e. The van der Waals surface area contributed by atoms with Gasteiger partial charge in [-0.15, -0.1) is 0 Å². The van der Waals surface area contributed by atoms with Crippen molar-refractivity contribution in [2.24, 2.45) is 0 Å². The Labute approximate surface area is 120 Å². The number of anilines is 1. The van der Waals surface area contributed by atoms with Crippen molar-refractivity contribution in [3.63, 3.8) is 0 Å². The molecule has 0 radical (unpaired) electrons. The van der Waals surface area contributed by atoms with E-state index in [4.69, 9.17) is 5.73 Å². The maximum atomic E-state index is 13.2. The number of hydrogen-bond acceptors (Lipinski definition) is 3. The summed E-state index contributed by atoms with van der Waals surface area (Å²) in [6, 6.07) is 7.90. The summed E-state index contributed by atoms with van der Waals surface area (Å²) >= 11 is 0. The molecule has 0 bridgehead atoms. The topological polar surface area (TPSA) is 66.6 Å². The Bertz CT molecular complexity index is 672. The van der Waals surface area contributed by atoms with Gasteiger partial charge in [-0.1, -0.05) is 12.1 Å². The van der Waals surface area contributed by atoms with Crippen LogP contribution in [0.5, 0.6) is 5.75 Å². The van der Waals surface area contributed by atoms with Crippen molar-refractivity contribution < 1.29 is 18.7 Å². The van der Waals surface area contributed by atoms with Gasteiger partial charge < -0.3 is 15.7 Å². The first-order valence-corrected chi connectivity index (χ1v) is 6.16. The van der Waals surface area contributed by atoms with Gasteiger partial charge in [0.1, 0.15) is 5.75 Å². The number of nitrogens with two attached hydrogens (primary N) is 1. The fourth-order valence-electron chi connectivity index (χ4n) is 1.90. The minimum Gasteiger partial charge on any atom is -0.508 e. The number of carbonyl (C=O) groups excluding carboxylic acids is 1. The van der Waals surface area contributed by atoms with Crippen LogP contribution in [0.4, 0.5) is 14.5 Å². The minimum atomic E-state index is -1.12. The fraction of sp³-hybridized carbons (Fsp3) is 0.133. The normalized spacial score (nSPS) is 10.4. The van der Waals surface area contributed by atoms with E-state index in [1.54, 1.807) is 12.1 Å². The molecule has 0 spiro atoms. The van der Waals surface area contributed by atoms with Crippen molar-refractivity contribution in [1.82, 2.24) is 4.90 Å². The molecule has 0 atom stereocenters. The molecule has 0 saturated carbocycles. The molecule has 2 aromatic carbocycles. The third-order valence-electron chi connectivity index (χ3n) is 3.03. The van der Waals surface area contributed by atoms with Gasteiger partial charge in [0, 0.05) is 25.3 Å². The largest absolute Gasteiger partial charge is 0.508 e. The molecule has 6 heteroatoms. The zero-order chi connectivity index (χ0) is 15.6. The first-order valence-electron chi connectivity index (χ1n) is 6.16. The monoisotopic (exact) mass is 292 g/mol. The number of halogens is 2. The van der Waals surface area contributed by atoms with E-state index in [9.17, 15) is 18.7 Å². The molecule has 0 aromatic heterocycles. The molecule has 0 saturated heterocycles. The highest BCUT2D eigenvalue weighted by Crippen LogP contribution is 2.19. The Morgan fingerprint density at radius 2 is 1.76 bits per heavy atom. The molecule has 0 fully saturated rings. The van der Waals surface area contributed by atoms with Crippen LogP contribution in [0.2, 0.25) is 0 Å². The Balaban J connectivity index is 2.19. The van der Waals surface area contributed by atoms with Crippen molar-refractivity contribution in [3.8, 4) is 5.75 Å². The van der Waals surface area contributed by atoms with Gasteiger partial charge >= 0.3 is 0 Å². The molecule has 0 unspecified atom stereocenters. The van der Waals surface area contributed by atoms with E-state index in [-0.39, 0.29) is 23.5 Å². The van der Waals surface area contributed by atoms with E-state index in [1.165, 1.54) is 24.1 Å². The van der Waals surface area contributed by atoms with E-state index in [0.29, 0.717) is 0 Å². The van der Waals surface area contributed by atoms with Crippen LogP contribution < -0.4 is 5.73 Å². The number of rotatable bonds is 3. The van der Waals surface area contributed by atoms with Crippen LogP contribution in [0.15, 0.2) is 36.4 Å². The number of carbonyl (C=O) groups is 1. The summed E-state index contributed by atoms with van der Waals surface area (Å²) in [6.45, 7) is 0.248. The van der Waals surface area contributed by atoms with Crippen LogP contribution >= 0.6 is 0 Å². The zero-order valence-corrected chi connectivity index (χ0v) is 11.3. The van der Waals surface area contributed by atoms with Crippen LogP contribution in [0, 0.1) is 11.6 Å². The molecule has 0 aliphatic heterocycles. The van der Waals surface area contributed by atoms with Crippen molar-refractivity contribution >= 4 is 11.6 Å². The smallest absolute Gasteiger partial charge is 0.256 e. The van der Waals surface area contributed by atoms with Crippen LogP contribution in [0.25, 0.3) is 0 Å². The lowest BCUT2D eigenvalue weighted by molar-refractivity contribution is 0.0785. The summed E-state index contributed by atoms with van der Waals surface area (Å²) in [7, 11) is 1.52. The van der Waals surface area contributed by atoms with Crippen molar-refractivity contribution in [2.75, 3.05) is 12.8 Å². The second kappa shape index (κ2) is 5.78. The Morgan fingerprint density at radius 1 is 1.19 bits per heavy atom. The SMILES string of the molecule is CN(Cc1ccc(O)cc1)C(=O)c1cc(F)c(F)cc1N. The first-order chi connectivity index (χ1) is 9.88. The molecular weight excluding hydrogens is 278 g/mol. The predicted octanol–water partition coefficient (Wildman–Crippen LogP) is 2.52. The Kier molecular flexibility index (Phi) is 4.07. The standard InChI is InChI=1S/C15H14F2N2O2/c1-19(8-9-2-4-10(20)5-3-9)15(21)11-6-12(16)13(17)7-14(11)18/h2-7,20H,8,18H2,1H3. The summed E-state index contributed by atoms with van der Waals surface area (Å²) < 4.78 is 26.2. The van der Waals surface area contributed by atoms with Crippen LogP contribution in [-0.2, 0) is 6.54 Å². The van der Waals surface area contributed by atoms with Crippen molar-refractivity contribution in [1.29, 1.82) is 0 Å². The van der Waals surface area contributed by atoms with Gasteiger partial charge in [-0.05, 0) is 23.8 Å². The summed E-state index contributed by atoms with van der Waals surface area (Å²) in [5.74, 6) is -2.60.